The third-order valence-corrected chi connectivity index (χ3v) is 3.74. The van der Waals surface area contributed by atoms with Crippen molar-refractivity contribution in [1.29, 1.82) is 0 Å². The zero-order chi connectivity index (χ0) is 15.4. The summed E-state index contributed by atoms with van der Waals surface area (Å²) < 4.78 is 7.02. The van der Waals surface area contributed by atoms with Gasteiger partial charge in [-0.25, -0.2) is 0 Å². The smallest absolute Gasteiger partial charge is 0.477 e. The van der Waals surface area contributed by atoms with E-state index in [1.807, 2.05) is 36.4 Å². The van der Waals surface area contributed by atoms with Crippen molar-refractivity contribution in [2.45, 2.75) is 38.8 Å². The normalized spacial score (nSPS) is 13.7. The van der Waals surface area contributed by atoms with Gasteiger partial charge in [0.05, 0.1) is 11.3 Å². The molecular formula is C18H20NO3+. The summed E-state index contributed by atoms with van der Waals surface area (Å²) in [4.78, 5) is 16.5. The van der Waals surface area contributed by atoms with Crippen LogP contribution < -0.4 is 4.74 Å². The van der Waals surface area contributed by atoms with Crippen LogP contribution >= 0.6 is 0 Å². The molecule has 0 heterocycles. The molecule has 114 valence electrons. The molecule has 4 nitrogen and oxygen atoms in total. The quantitative estimate of drug-likeness (QED) is 0.339. The molecule has 22 heavy (non-hydrogen) atoms. The van der Waals surface area contributed by atoms with E-state index in [1.54, 1.807) is 0 Å². The molecule has 0 radical (unpaired) electrons. The zero-order valence-corrected chi connectivity index (χ0v) is 12.7. The minimum atomic E-state index is 0.205. The lowest BCUT2D eigenvalue weighted by atomic mass is 10.0. The number of benzene rings is 2. The van der Waals surface area contributed by atoms with Gasteiger partial charge in [0.2, 0.25) is 6.04 Å². The van der Waals surface area contributed by atoms with E-state index in [4.69, 9.17) is 9.57 Å². The summed E-state index contributed by atoms with van der Waals surface area (Å²) in [6.07, 6.45) is 4.84. The number of hydrogen-bond acceptors (Lipinski definition) is 3. The summed E-state index contributed by atoms with van der Waals surface area (Å²) in [5.41, 5.74) is 1.04. The molecule has 1 aliphatic carbocycles. The van der Waals surface area contributed by atoms with Crippen molar-refractivity contribution in [3.63, 3.8) is 0 Å². The highest BCUT2D eigenvalue weighted by atomic mass is 16.7. The first kappa shape index (κ1) is 14.6. The number of hydroxylamine groups is 1. The van der Waals surface area contributed by atoms with Gasteiger partial charge in [-0.1, -0.05) is 31.2 Å². The van der Waals surface area contributed by atoms with E-state index in [0.29, 0.717) is 13.2 Å². The molecule has 0 unspecified atom stereocenters. The second kappa shape index (κ2) is 6.63. The summed E-state index contributed by atoms with van der Waals surface area (Å²) in [5, 5.41) is 2.23. The van der Waals surface area contributed by atoms with Crippen molar-refractivity contribution in [1.82, 2.24) is 0 Å². The highest BCUT2D eigenvalue weighted by Crippen LogP contribution is 2.27. The molecule has 4 heteroatoms. The van der Waals surface area contributed by atoms with E-state index >= 15 is 0 Å². The van der Waals surface area contributed by atoms with Crippen LogP contribution in [0.25, 0.3) is 10.8 Å². The Bertz CT molecular complexity index is 715. The van der Waals surface area contributed by atoms with Gasteiger partial charge in [0, 0.05) is 18.4 Å². The van der Waals surface area contributed by atoms with E-state index < -0.39 is 0 Å². The second-order valence-electron chi connectivity index (χ2n) is 5.57. The van der Waals surface area contributed by atoms with E-state index in [2.05, 4.69) is 13.0 Å². The van der Waals surface area contributed by atoms with E-state index in [-0.39, 0.29) is 6.04 Å². The third kappa shape index (κ3) is 3.29. The van der Waals surface area contributed by atoms with Crippen LogP contribution in [0.4, 0.5) is 0 Å². The zero-order valence-electron chi connectivity index (χ0n) is 12.7. The summed E-state index contributed by atoms with van der Waals surface area (Å²) in [6, 6.07) is 12.4. The molecular weight excluding hydrogens is 278 g/mol. The lowest BCUT2D eigenvalue weighted by Crippen LogP contribution is -2.14. The van der Waals surface area contributed by atoms with Crippen LogP contribution in [0.5, 0.6) is 5.75 Å². The van der Waals surface area contributed by atoms with E-state index in [0.717, 1.165) is 41.3 Å². The second-order valence-corrected chi connectivity index (χ2v) is 5.57. The molecule has 0 aromatic heterocycles. The van der Waals surface area contributed by atoms with Crippen molar-refractivity contribution in [2.24, 2.45) is 0 Å². The molecule has 0 saturated heterocycles. The molecule has 0 bridgehead atoms. The SMILES string of the molecule is CCCOc1ccc2cccc(CO[N+](=C=O)C3CC3)c2c1. The third-order valence-electron chi connectivity index (χ3n) is 3.74. The Hall–Kier alpha value is -2.32. The van der Waals surface area contributed by atoms with Crippen molar-refractivity contribution in [2.75, 3.05) is 6.61 Å². The fourth-order valence-corrected chi connectivity index (χ4v) is 2.41. The Balaban J connectivity index is 1.82. The topological polar surface area (TPSA) is 38.5 Å². The van der Waals surface area contributed by atoms with Crippen molar-refractivity contribution in [3.8, 4) is 5.75 Å². The molecule has 1 saturated carbocycles. The van der Waals surface area contributed by atoms with Gasteiger partial charge in [-0.15, -0.1) is 0 Å². The number of rotatable bonds is 7. The summed E-state index contributed by atoms with van der Waals surface area (Å²) in [6.45, 7) is 3.16. The Morgan fingerprint density at radius 3 is 2.86 bits per heavy atom. The van der Waals surface area contributed by atoms with Crippen LogP contribution in [-0.2, 0) is 16.2 Å². The average molecular weight is 298 g/mol. The number of ether oxygens (including phenoxy) is 1. The molecule has 0 N–H and O–H groups in total. The molecule has 3 rings (SSSR count). The molecule has 2 aromatic carbocycles. The summed E-state index contributed by atoms with van der Waals surface area (Å²) in [5.74, 6) is 0.864. The van der Waals surface area contributed by atoms with Gasteiger partial charge in [0.15, 0.2) is 6.61 Å². The predicted octanol–water partition coefficient (Wildman–Crippen LogP) is 3.57. The Kier molecular flexibility index (Phi) is 4.40. The fourth-order valence-electron chi connectivity index (χ4n) is 2.41. The molecule has 1 fully saturated rings. The maximum atomic E-state index is 10.9. The highest BCUT2D eigenvalue weighted by molar-refractivity contribution is 5.86. The molecule has 0 aliphatic heterocycles. The standard InChI is InChI=1S/C18H20NO3/c1-2-10-21-17-9-6-14-4-3-5-15(18(14)11-17)12-22-19(13-20)16-7-8-16/h3-6,9,11,16H,2,7-8,10,12H2,1H3/q+1. The number of hydrogen-bond donors (Lipinski definition) is 0. The van der Waals surface area contributed by atoms with Gasteiger partial charge >= 0.3 is 6.08 Å². The first-order chi connectivity index (χ1) is 10.8. The Labute approximate surface area is 129 Å². The predicted molar refractivity (Wildman–Crippen MR) is 83.5 cm³/mol. The van der Waals surface area contributed by atoms with Crippen molar-refractivity contribution >= 4 is 16.9 Å². The largest absolute Gasteiger partial charge is 0.494 e. The van der Waals surface area contributed by atoms with Crippen LogP contribution in [0.1, 0.15) is 31.7 Å². The maximum Gasteiger partial charge on any atom is 0.477 e. The molecule has 0 atom stereocenters. The minimum Gasteiger partial charge on any atom is -0.494 e. The van der Waals surface area contributed by atoms with Gasteiger partial charge in [-0.2, -0.15) is 4.79 Å². The first-order valence-electron chi connectivity index (χ1n) is 7.76. The van der Waals surface area contributed by atoms with Crippen LogP contribution in [0.2, 0.25) is 0 Å². The van der Waals surface area contributed by atoms with E-state index in [9.17, 15) is 4.79 Å². The molecule has 0 spiro atoms. The lowest BCUT2D eigenvalue weighted by Gasteiger charge is -2.09. The summed E-state index contributed by atoms with van der Waals surface area (Å²) in [7, 11) is 0. The minimum absolute atomic E-state index is 0.205. The van der Waals surface area contributed by atoms with Crippen LogP contribution in [-0.4, -0.2) is 23.5 Å². The van der Waals surface area contributed by atoms with Gasteiger partial charge in [0.1, 0.15) is 5.75 Å². The van der Waals surface area contributed by atoms with Crippen molar-refractivity contribution < 1.29 is 19.1 Å². The average Bonchev–Trinajstić information content (AvgIpc) is 3.38. The van der Waals surface area contributed by atoms with Crippen molar-refractivity contribution in [3.05, 3.63) is 42.0 Å². The van der Waals surface area contributed by atoms with Crippen LogP contribution in [0.15, 0.2) is 36.4 Å². The number of fused-ring (bicyclic) bond motifs is 1. The monoisotopic (exact) mass is 298 g/mol. The number of carbonyl (C=O) groups excluding carboxylic acids is 1. The lowest BCUT2D eigenvalue weighted by molar-refractivity contribution is -0.799. The van der Waals surface area contributed by atoms with Gasteiger partial charge in [-0.3, -0.25) is 4.84 Å². The Morgan fingerprint density at radius 1 is 1.27 bits per heavy atom. The molecule has 0 amide bonds. The van der Waals surface area contributed by atoms with E-state index in [1.165, 1.54) is 4.74 Å². The van der Waals surface area contributed by atoms with Crippen LogP contribution in [0, 0.1) is 0 Å². The van der Waals surface area contributed by atoms with Crippen LogP contribution in [0.3, 0.4) is 0 Å². The number of isocyanates is 1. The van der Waals surface area contributed by atoms with Gasteiger partial charge in [0.25, 0.3) is 0 Å². The summed E-state index contributed by atoms with van der Waals surface area (Å²) >= 11 is 0. The number of nitrogens with zero attached hydrogens (tertiary/aromatic N) is 1. The maximum absolute atomic E-state index is 10.9. The molecule has 1 aliphatic rings. The Morgan fingerprint density at radius 2 is 2.14 bits per heavy atom. The van der Waals surface area contributed by atoms with Gasteiger partial charge in [-0.05, 0) is 29.3 Å². The van der Waals surface area contributed by atoms with Gasteiger partial charge < -0.3 is 4.74 Å². The fraction of sp³-hybridized carbons (Fsp3) is 0.389. The molecule has 2 aromatic rings. The first-order valence-corrected chi connectivity index (χ1v) is 7.76. The highest BCUT2D eigenvalue weighted by Gasteiger charge is 2.37.